The van der Waals surface area contributed by atoms with Crippen molar-refractivity contribution in [2.75, 3.05) is 13.6 Å². The normalized spacial score (nSPS) is 23.6. The van der Waals surface area contributed by atoms with Crippen LogP contribution < -0.4 is 5.32 Å². The number of carbonyl (C=O) groups is 1. The van der Waals surface area contributed by atoms with Crippen LogP contribution in [0.1, 0.15) is 25.3 Å². The van der Waals surface area contributed by atoms with Gasteiger partial charge in [0.1, 0.15) is 5.00 Å². The summed E-state index contributed by atoms with van der Waals surface area (Å²) in [5.74, 6) is 0.0105. The van der Waals surface area contributed by atoms with Crippen LogP contribution in [-0.4, -0.2) is 30.4 Å². The van der Waals surface area contributed by atoms with Gasteiger partial charge in [0.2, 0.25) is 5.91 Å². The number of likely N-dealkylation sites (tertiary alicyclic amines) is 1. The Bertz CT molecular complexity index is 419. The number of hydrogen-bond acceptors (Lipinski definition) is 2. The van der Waals surface area contributed by atoms with Crippen LogP contribution >= 0.6 is 11.6 Å². The number of amides is 1. The fraction of sp³-hybridized carbons (Fsp3) is 0.500. The molecule has 98 valence electrons. The van der Waals surface area contributed by atoms with E-state index in [0.29, 0.717) is 0 Å². The van der Waals surface area contributed by atoms with Crippen LogP contribution in [0.15, 0.2) is 30.3 Å². The largest absolute Gasteiger partial charge is 0.332 e. The van der Waals surface area contributed by atoms with Gasteiger partial charge in [-0.2, -0.15) is 0 Å². The molecule has 1 aromatic carbocycles. The van der Waals surface area contributed by atoms with Crippen LogP contribution in [0, 0.1) is 0 Å². The van der Waals surface area contributed by atoms with Gasteiger partial charge in [0.05, 0.1) is 6.04 Å². The van der Waals surface area contributed by atoms with Crippen molar-refractivity contribution in [3.8, 4) is 0 Å². The number of hydrogen-bond donors (Lipinski definition) is 1. The molecule has 1 aliphatic heterocycles. The summed E-state index contributed by atoms with van der Waals surface area (Å²) in [6.07, 6.45) is 1.98. The second-order valence-corrected chi connectivity index (χ2v) is 5.75. The lowest BCUT2D eigenvalue weighted by Crippen LogP contribution is -2.47. The Hall–Kier alpha value is -1.06. The van der Waals surface area contributed by atoms with Crippen LogP contribution in [0.25, 0.3) is 0 Å². The van der Waals surface area contributed by atoms with E-state index in [4.69, 9.17) is 11.6 Å². The summed E-state index contributed by atoms with van der Waals surface area (Å²) < 4.78 is 0. The first-order valence-corrected chi connectivity index (χ1v) is 6.65. The molecular formula is C14H19ClN2O. The van der Waals surface area contributed by atoms with E-state index >= 15 is 0 Å². The molecule has 0 radical (unpaired) electrons. The van der Waals surface area contributed by atoms with Gasteiger partial charge in [-0.05, 0) is 38.9 Å². The monoisotopic (exact) mass is 266 g/mol. The second-order valence-electron chi connectivity index (χ2n) is 5.00. The van der Waals surface area contributed by atoms with Gasteiger partial charge in [0.15, 0.2) is 0 Å². The molecule has 1 aromatic rings. The Kier molecular flexibility index (Phi) is 3.93. The van der Waals surface area contributed by atoms with Crippen molar-refractivity contribution in [1.29, 1.82) is 0 Å². The Morgan fingerprint density at radius 1 is 1.44 bits per heavy atom. The standard InChI is InChI=1S/C14H19ClN2O/c1-14(15,11-7-4-3-5-8-11)16-13(18)12-9-6-10-17(12)2/h3-5,7-8,12H,6,9-10H2,1-2H3,(H,16,18)/t12-,14?/m0/s1. The van der Waals surface area contributed by atoms with Crippen LogP contribution in [0.2, 0.25) is 0 Å². The van der Waals surface area contributed by atoms with Crippen LogP contribution in [0.5, 0.6) is 0 Å². The van der Waals surface area contributed by atoms with Gasteiger partial charge >= 0.3 is 0 Å². The topological polar surface area (TPSA) is 32.3 Å². The van der Waals surface area contributed by atoms with Crippen molar-refractivity contribution in [3.05, 3.63) is 35.9 Å². The minimum Gasteiger partial charge on any atom is -0.332 e. The molecule has 4 heteroatoms. The van der Waals surface area contributed by atoms with Gasteiger partial charge in [-0.25, -0.2) is 0 Å². The zero-order valence-corrected chi connectivity index (χ0v) is 11.6. The Morgan fingerprint density at radius 3 is 2.67 bits per heavy atom. The maximum atomic E-state index is 12.2. The molecule has 1 heterocycles. The van der Waals surface area contributed by atoms with Gasteiger partial charge in [0.25, 0.3) is 0 Å². The molecule has 1 amide bonds. The molecule has 0 spiro atoms. The molecule has 3 nitrogen and oxygen atoms in total. The first kappa shape index (κ1) is 13.4. The number of rotatable bonds is 3. The van der Waals surface area contributed by atoms with E-state index in [1.54, 1.807) is 0 Å². The molecule has 1 aliphatic rings. The lowest BCUT2D eigenvalue weighted by atomic mass is 10.1. The molecule has 1 saturated heterocycles. The van der Waals surface area contributed by atoms with Crippen LogP contribution in [0.4, 0.5) is 0 Å². The quantitative estimate of drug-likeness (QED) is 0.673. The Labute approximate surface area is 113 Å². The third-order valence-corrected chi connectivity index (χ3v) is 3.81. The summed E-state index contributed by atoms with van der Waals surface area (Å²) in [4.78, 5) is 13.4. The highest BCUT2D eigenvalue weighted by molar-refractivity contribution is 6.24. The Morgan fingerprint density at radius 2 is 2.11 bits per heavy atom. The molecule has 1 unspecified atom stereocenters. The fourth-order valence-corrected chi connectivity index (χ4v) is 2.60. The van der Waals surface area contributed by atoms with E-state index in [1.807, 2.05) is 44.3 Å². The molecule has 0 aliphatic carbocycles. The molecule has 2 atom stereocenters. The van der Waals surface area contributed by atoms with Gasteiger partial charge in [0, 0.05) is 0 Å². The number of benzene rings is 1. The summed E-state index contributed by atoms with van der Waals surface area (Å²) in [6, 6.07) is 9.57. The zero-order valence-electron chi connectivity index (χ0n) is 10.8. The summed E-state index contributed by atoms with van der Waals surface area (Å²) >= 11 is 6.43. The van der Waals surface area contributed by atoms with Crippen LogP contribution in [-0.2, 0) is 9.79 Å². The molecule has 0 bridgehead atoms. The fourth-order valence-electron chi connectivity index (χ4n) is 2.38. The highest BCUT2D eigenvalue weighted by Crippen LogP contribution is 2.26. The SMILES string of the molecule is CN1CCC[C@H]1C(=O)NC(C)(Cl)c1ccccc1. The highest BCUT2D eigenvalue weighted by atomic mass is 35.5. The van der Waals surface area contributed by atoms with Crippen molar-refractivity contribution < 1.29 is 4.79 Å². The lowest BCUT2D eigenvalue weighted by Gasteiger charge is -2.28. The molecule has 0 saturated carbocycles. The van der Waals surface area contributed by atoms with E-state index in [9.17, 15) is 4.79 Å². The minimum absolute atomic E-state index is 0.0105. The van der Waals surface area contributed by atoms with Gasteiger partial charge in [-0.3, -0.25) is 9.69 Å². The average molecular weight is 267 g/mol. The summed E-state index contributed by atoms with van der Waals surface area (Å²) in [7, 11) is 1.98. The van der Waals surface area contributed by atoms with Gasteiger partial charge in [-0.15, -0.1) is 0 Å². The number of halogens is 1. The van der Waals surface area contributed by atoms with E-state index in [0.717, 1.165) is 24.9 Å². The predicted octanol–water partition coefficient (Wildman–Crippen LogP) is 2.31. The number of likely N-dealkylation sites (N-methyl/N-ethyl adjacent to an activating group) is 1. The first-order chi connectivity index (χ1) is 8.50. The molecule has 18 heavy (non-hydrogen) atoms. The zero-order chi connectivity index (χ0) is 13.2. The number of carbonyl (C=O) groups excluding carboxylic acids is 1. The van der Waals surface area contributed by atoms with Crippen molar-refractivity contribution >= 4 is 17.5 Å². The number of nitrogens with one attached hydrogen (secondary N) is 1. The Balaban J connectivity index is 2.06. The van der Waals surface area contributed by atoms with Crippen molar-refractivity contribution in [2.24, 2.45) is 0 Å². The van der Waals surface area contributed by atoms with Gasteiger partial charge in [-0.1, -0.05) is 41.9 Å². The molecule has 2 rings (SSSR count). The van der Waals surface area contributed by atoms with E-state index in [2.05, 4.69) is 10.2 Å². The van der Waals surface area contributed by atoms with E-state index < -0.39 is 5.00 Å². The van der Waals surface area contributed by atoms with Crippen molar-refractivity contribution in [3.63, 3.8) is 0 Å². The predicted molar refractivity (Wildman–Crippen MR) is 73.4 cm³/mol. The summed E-state index contributed by atoms with van der Waals surface area (Å²) in [6.45, 7) is 2.79. The third-order valence-electron chi connectivity index (χ3n) is 3.50. The maximum Gasteiger partial charge on any atom is 0.238 e. The van der Waals surface area contributed by atoms with E-state index in [1.165, 1.54) is 0 Å². The van der Waals surface area contributed by atoms with Gasteiger partial charge < -0.3 is 5.32 Å². The minimum atomic E-state index is -0.845. The van der Waals surface area contributed by atoms with Crippen LogP contribution in [0.3, 0.4) is 0 Å². The van der Waals surface area contributed by atoms with E-state index in [-0.39, 0.29) is 11.9 Å². The number of nitrogens with zero attached hydrogens (tertiary/aromatic N) is 1. The summed E-state index contributed by atoms with van der Waals surface area (Å²) in [5, 5.41) is 2.93. The highest BCUT2D eigenvalue weighted by Gasteiger charge is 2.33. The van der Waals surface area contributed by atoms with Crippen molar-refractivity contribution in [2.45, 2.75) is 30.8 Å². The third kappa shape index (κ3) is 2.85. The molecular weight excluding hydrogens is 248 g/mol. The lowest BCUT2D eigenvalue weighted by molar-refractivity contribution is -0.126. The van der Waals surface area contributed by atoms with Crippen molar-refractivity contribution in [1.82, 2.24) is 10.2 Å². The maximum absolute atomic E-state index is 12.2. The first-order valence-electron chi connectivity index (χ1n) is 6.27. The molecule has 1 N–H and O–H groups in total. The summed E-state index contributed by atoms with van der Waals surface area (Å²) in [5.41, 5.74) is 0.903. The number of alkyl halides is 1. The molecule has 1 fully saturated rings. The average Bonchev–Trinajstić information content (AvgIpc) is 2.76. The second kappa shape index (κ2) is 5.29. The molecule has 0 aromatic heterocycles. The smallest absolute Gasteiger partial charge is 0.238 e.